The summed E-state index contributed by atoms with van der Waals surface area (Å²) in [6.07, 6.45) is 1.49. The van der Waals surface area contributed by atoms with E-state index in [0.717, 1.165) is 29.8 Å². The van der Waals surface area contributed by atoms with E-state index >= 15 is 0 Å². The number of aryl methyl sites for hydroxylation is 3. The van der Waals surface area contributed by atoms with Gasteiger partial charge in [0.25, 0.3) is 0 Å². The van der Waals surface area contributed by atoms with Gasteiger partial charge in [-0.1, -0.05) is 12.1 Å². The minimum Gasteiger partial charge on any atom is -0.439 e. The van der Waals surface area contributed by atoms with Crippen LogP contribution in [-0.2, 0) is 10.2 Å². The van der Waals surface area contributed by atoms with Crippen molar-refractivity contribution in [3.05, 3.63) is 89.3 Å². The molecule has 0 aliphatic heterocycles. The highest BCUT2D eigenvalue weighted by Gasteiger charge is 2.51. The molecule has 5 rings (SSSR count). The predicted octanol–water partition coefficient (Wildman–Crippen LogP) is 5.19. The molecule has 0 saturated heterocycles. The molecule has 4 aromatic rings. The maximum Gasteiger partial charge on any atom is 0.235 e. The first-order chi connectivity index (χ1) is 16.3. The number of halogens is 1. The first kappa shape index (κ1) is 21.8. The van der Waals surface area contributed by atoms with Gasteiger partial charge in [-0.25, -0.2) is 14.1 Å². The Hall–Kier alpha value is -4.07. The molecule has 2 heterocycles. The van der Waals surface area contributed by atoms with Crippen LogP contribution in [0.2, 0.25) is 0 Å². The van der Waals surface area contributed by atoms with E-state index in [1.807, 2.05) is 19.9 Å². The molecule has 1 amide bonds. The minimum absolute atomic E-state index is 0.0891. The quantitative estimate of drug-likeness (QED) is 0.431. The lowest BCUT2D eigenvalue weighted by Crippen LogP contribution is -2.27. The second-order valence-electron chi connectivity index (χ2n) is 8.62. The fourth-order valence-electron chi connectivity index (χ4n) is 4.07. The molecule has 0 bridgehead atoms. The van der Waals surface area contributed by atoms with E-state index in [1.54, 1.807) is 54.1 Å². The lowest BCUT2D eigenvalue weighted by Gasteiger charge is -2.16. The van der Waals surface area contributed by atoms with E-state index in [0.29, 0.717) is 29.0 Å². The minimum atomic E-state index is -0.583. The maximum atomic E-state index is 13.3. The molecule has 0 radical (unpaired) electrons. The average molecular weight is 458 g/mol. The summed E-state index contributed by atoms with van der Waals surface area (Å²) in [4.78, 5) is 21.8. The molecule has 7 nitrogen and oxygen atoms in total. The van der Waals surface area contributed by atoms with Crippen molar-refractivity contribution < 1.29 is 13.9 Å². The van der Waals surface area contributed by atoms with Gasteiger partial charge in [0, 0.05) is 17.4 Å². The molecule has 0 unspecified atom stereocenters. The Labute approximate surface area is 196 Å². The van der Waals surface area contributed by atoms with E-state index in [9.17, 15) is 9.18 Å². The van der Waals surface area contributed by atoms with Gasteiger partial charge in [0.15, 0.2) is 5.82 Å². The van der Waals surface area contributed by atoms with Crippen molar-refractivity contribution in [1.29, 1.82) is 0 Å². The number of carbonyl (C=O) groups is 1. The molecule has 1 aliphatic rings. The normalized spacial score (nSPS) is 14.0. The van der Waals surface area contributed by atoms with Crippen LogP contribution >= 0.6 is 0 Å². The van der Waals surface area contributed by atoms with Gasteiger partial charge in [-0.2, -0.15) is 10.1 Å². The second kappa shape index (κ2) is 8.37. The first-order valence-corrected chi connectivity index (χ1v) is 11.1. The zero-order valence-corrected chi connectivity index (χ0v) is 19.2. The summed E-state index contributed by atoms with van der Waals surface area (Å²) in [5.74, 6) is 1.78. The lowest BCUT2D eigenvalue weighted by atomic mass is 9.95. The molecular weight excluding hydrogens is 433 g/mol. The Balaban J connectivity index is 1.29. The number of anilines is 1. The average Bonchev–Trinajstić information content (AvgIpc) is 3.54. The Bertz CT molecular complexity index is 1360. The van der Waals surface area contributed by atoms with Crippen molar-refractivity contribution >= 4 is 11.6 Å². The molecule has 172 valence electrons. The molecule has 2 aromatic carbocycles. The molecular formula is C26H24FN5O2. The Morgan fingerprint density at radius 3 is 2.32 bits per heavy atom. The van der Waals surface area contributed by atoms with Crippen LogP contribution in [0, 0.1) is 26.6 Å². The number of benzene rings is 2. The number of hydrogen-bond donors (Lipinski definition) is 1. The SMILES string of the molecule is Cc1cc(C)n(-c2cc(Oc3ccc(NC(=O)C4(c5ccc(F)cc5)CC4)cc3)nc(C)n2)n1. The summed E-state index contributed by atoms with van der Waals surface area (Å²) in [5.41, 5.74) is 2.79. The van der Waals surface area contributed by atoms with E-state index in [-0.39, 0.29) is 11.7 Å². The van der Waals surface area contributed by atoms with Crippen LogP contribution < -0.4 is 10.1 Å². The van der Waals surface area contributed by atoms with Gasteiger partial charge < -0.3 is 10.1 Å². The lowest BCUT2D eigenvalue weighted by molar-refractivity contribution is -0.118. The fourth-order valence-corrected chi connectivity index (χ4v) is 4.07. The van der Waals surface area contributed by atoms with Crippen molar-refractivity contribution in [2.45, 2.75) is 39.0 Å². The van der Waals surface area contributed by atoms with Crippen LogP contribution in [0.3, 0.4) is 0 Å². The number of ether oxygens (including phenoxy) is 1. The second-order valence-corrected chi connectivity index (χ2v) is 8.62. The summed E-state index contributed by atoms with van der Waals surface area (Å²) in [6, 6.07) is 17.0. The van der Waals surface area contributed by atoms with Gasteiger partial charge in [-0.15, -0.1) is 0 Å². The molecule has 2 aromatic heterocycles. The number of hydrogen-bond acceptors (Lipinski definition) is 5. The number of carbonyl (C=O) groups excluding carboxylic acids is 1. The highest BCUT2D eigenvalue weighted by atomic mass is 19.1. The van der Waals surface area contributed by atoms with Gasteiger partial charge in [-0.05, 0) is 81.6 Å². The van der Waals surface area contributed by atoms with E-state index in [1.165, 1.54) is 12.1 Å². The number of rotatable bonds is 6. The number of amides is 1. The predicted molar refractivity (Wildman–Crippen MR) is 126 cm³/mol. The Kier molecular flexibility index (Phi) is 5.36. The molecule has 1 N–H and O–H groups in total. The van der Waals surface area contributed by atoms with Crippen LogP contribution in [0.1, 0.15) is 35.6 Å². The van der Waals surface area contributed by atoms with Gasteiger partial charge in [0.1, 0.15) is 17.4 Å². The van der Waals surface area contributed by atoms with Gasteiger partial charge in [0.05, 0.1) is 11.1 Å². The smallest absolute Gasteiger partial charge is 0.235 e. The van der Waals surface area contributed by atoms with Crippen LogP contribution in [-0.4, -0.2) is 25.7 Å². The zero-order chi connectivity index (χ0) is 23.9. The van der Waals surface area contributed by atoms with Crippen molar-refractivity contribution in [1.82, 2.24) is 19.7 Å². The van der Waals surface area contributed by atoms with Gasteiger partial charge >= 0.3 is 0 Å². The maximum absolute atomic E-state index is 13.3. The van der Waals surface area contributed by atoms with Gasteiger partial charge in [0.2, 0.25) is 11.8 Å². The van der Waals surface area contributed by atoms with E-state index < -0.39 is 5.41 Å². The molecule has 8 heteroatoms. The van der Waals surface area contributed by atoms with Crippen LogP contribution in [0.4, 0.5) is 10.1 Å². The Morgan fingerprint density at radius 2 is 1.71 bits per heavy atom. The third-order valence-electron chi connectivity index (χ3n) is 5.94. The molecule has 1 saturated carbocycles. The Morgan fingerprint density at radius 1 is 1.00 bits per heavy atom. The summed E-state index contributed by atoms with van der Waals surface area (Å²) >= 11 is 0. The molecule has 1 aliphatic carbocycles. The first-order valence-electron chi connectivity index (χ1n) is 11.1. The zero-order valence-electron chi connectivity index (χ0n) is 19.2. The van der Waals surface area contributed by atoms with Crippen molar-refractivity contribution in [3.63, 3.8) is 0 Å². The highest BCUT2D eigenvalue weighted by molar-refractivity contribution is 6.01. The summed E-state index contributed by atoms with van der Waals surface area (Å²) in [5, 5.41) is 7.44. The standard InChI is InChI=1S/C26H24FN5O2/c1-16-14-17(2)32(31-16)23-15-24(29-18(3)28-23)34-22-10-8-21(9-11-22)30-25(33)26(12-13-26)19-4-6-20(27)7-5-19/h4-11,14-15H,12-13H2,1-3H3,(H,30,33). The van der Waals surface area contributed by atoms with Crippen LogP contribution in [0.25, 0.3) is 5.82 Å². The van der Waals surface area contributed by atoms with Crippen molar-refractivity contribution in [2.24, 2.45) is 0 Å². The van der Waals surface area contributed by atoms with Crippen LogP contribution in [0.5, 0.6) is 11.6 Å². The topological polar surface area (TPSA) is 81.9 Å². The third kappa shape index (κ3) is 4.26. The van der Waals surface area contributed by atoms with E-state index in [2.05, 4.69) is 20.4 Å². The number of nitrogens with zero attached hydrogens (tertiary/aromatic N) is 4. The monoisotopic (exact) mass is 457 g/mol. The highest BCUT2D eigenvalue weighted by Crippen LogP contribution is 2.49. The molecule has 34 heavy (non-hydrogen) atoms. The molecule has 0 atom stereocenters. The van der Waals surface area contributed by atoms with Gasteiger partial charge in [-0.3, -0.25) is 4.79 Å². The summed E-state index contributed by atoms with van der Waals surface area (Å²) < 4.78 is 21.0. The van der Waals surface area contributed by atoms with E-state index in [4.69, 9.17) is 4.74 Å². The largest absolute Gasteiger partial charge is 0.439 e. The summed E-state index contributed by atoms with van der Waals surface area (Å²) in [7, 11) is 0. The molecule has 1 fully saturated rings. The van der Waals surface area contributed by atoms with Crippen molar-refractivity contribution in [2.75, 3.05) is 5.32 Å². The molecule has 0 spiro atoms. The van der Waals surface area contributed by atoms with Crippen molar-refractivity contribution in [3.8, 4) is 17.4 Å². The number of nitrogens with one attached hydrogen (secondary N) is 1. The van der Waals surface area contributed by atoms with Crippen LogP contribution in [0.15, 0.2) is 60.7 Å². The fraction of sp³-hybridized carbons (Fsp3) is 0.231. The summed E-state index contributed by atoms with van der Waals surface area (Å²) in [6.45, 7) is 5.70. The number of aromatic nitrogens is 4. The third-order valence-corrected chi connectivity index (χ3v) is 5.94.